The fraction of sp³-hybridized carbons (Fsp3) is 0.478. The van der Waals surface area contributed by atoms with Crippen LogP contribution in [0, 0.1) is 0 Å². The molecule has 1 aromatic carbocycles. The number of ether oxygens (including phenoxy) is 3. The second-order valence-electron chi connectivity index (χ2n) is 9.65. The highest BCUT2D eigenvalue weighted by molar-refractivity contribution is 6.75. The van der Waals surface area contributed by atoms with Gasteiger partial charge in [-0.15, -0.1) is 0 Å². The molecule has 2 aromatic heterocycles. The van der Waals surface area contributed by atoms with E-state index in [1.807, 2.05) is 42.6 Å². The molecule has 7 nitrogen and oxygen atoms in total. The lowest BCUT2D eigenvalue weighted by Gasteiger charge is -2.42. The third kappa shape index (κ3) is 4.38. The van der Waals surface area contributed by atoms with E-state index in [4.69, 9.17) is 18.6 Å². The van der Waals surface area contributed by atoms with Crippen LogP contribution in [0.15, 0.2) is 51.8 Å². The first-order valence-electron chi connectivity index (χ1n) is 10.8. The minimum atomic E-state index is -1.33. The van der Waals surface area contributed by atoms with Crippen LogP contribution in [-0.4, -0.2) is 43.0 Å². The molecule has 4 atom stereocenters. The van der Waals surface area contributed by atoms with Crippen LogP contribution in [0.25, 0.3) is 11.1 Å². The molecule has 164 valence electrons. The van der Waals surface area contributed by atoms with Gasteiger partial charge in [-0.25, -0.2) is 4.79 Å². The standard InChI is InChI=1S/C23H28N2O5Si/c1-31(2,3)14-18-9-16-11-25(23(26)24-21(16)29-18)17-10-19-20(27-12-17)13-28-22(30-19)15-7-5-4-6-8-15/h4-9,11,17,19-20,22H,10,12-14H2,1-3H3/t17-,19-,20+,22+/m0/s1. The topological polar surface area (TPSA) is 75.7 Å². The van der Waals surface area contributed by atoms with Crippen LogP contribution in [0.2, 0.25) is 19.6 Å². The molecule has 3 aromatic rings. The van der Waals surface area contributed by atoms with E-state index in [0.29, 0.717) is 25.3 Å². The highest BCUT2D eigenvalue weighted by Gasteiger charge is 2.39. The van der Waals surface area contributed by atoms with Gasteiger partial charge in [0, 0.05) is 17.8 Å². The Kier molecular flexibility index (Phi) is 5.33. The van der Waals surface area contributed by atoms with E-state index in [1.165, 1.54) is 0 Å². The van der Waals surface area contributed by atoms with E-state index in [0.717, 1.165) is 22.8 Å². The number of hydrogen-bond acceptors (Lipinski definition) is 6. The van der Waals surface area contributed by atoms with Gasteiger partial charge in [-0.1, -0.05) is 50.0 Å². The second kappa shape index (κ2) is 8.02. The minimum Gasteiger partial charge on any atom is -0.443 e. The smallest absolute Gasteiger partial charge is 0.351 e. The molecule has 0 bridgehead atoms. The maximum atomic E-state index is 12.8. The van der Waals surface area contributed by atoms with Crippen LogP contribution >= 0.6 is 0 Å². The fourth-order valence-corrected chi connectivity index (χ4v) is 5.56. The number of nitrogens with zero attached hydrogens (tertiary/aromatic N) is 2. The zero-order valence-corrected chi connectivity index (χ0v) is 19.1. The molecule has 2 aliphatic heterocycles. The largest absolute Gasteiger partial charge is 0.443 e. The Morgan fingerprint density at radius 3 is 2.68 bits per heavy atom. The van der Waals surface area contributed by atoms with Crippen molar-refractivity contribution in [1.29, 1.82) is 0 Å². The Labute approximate surface area is 181 Å². The van der Waals surface area contributed by atoms with Crippen LogP contribution in [-0.2, 0) is 20.3 Å². The Morgan fingerprint density at radius 1 is 1.10 bits per heavy atom. The number of rotatable bonds is 4. The number of aromatic nitrogens is 2. The van der Waals surface area contributed by atoms with Crippen molar-refractivity contribution in [3.05, 3.63) is 64.4 Å². The number of furan rings is 1. The van der Waals surface area contributed by atoms with Gasteiger partial charge in [0.25, 0.3) is 0 Å². The van der Waals surface area contributed by atoms with Gasteiger partial charge in [0.15, 0.2) is 6.29 Å². The van der Waals surface area contributed by atoms with Gasteiger partial charge in [-0.05, 0) is 12.5 Å². The van der Waals surface area contributed by atoms with Crippen molar-refractivity contribution in [2.75, 3.05) is 13.2 Å². The maximum absolute atomic E-state index is 12.8. The summed E-state index contributed by atoms with van der Waals surface area (Å²) in [5, 5.41) is 0.852. The summed E-state index contributed by atoms with van der Waals surface area (Å²) in [6.07, 6.45) is 1.84. The zero-order chi connectivity index (χ0) is 21.6. The SMILES string of the molecule is C[Si](C)(C)Cc1cc2cn([C@@H]3CO[C@@H]4CO[C@@H](c5ccccc5)O[C@H]4C3)c(=O)nc2o1. The summed E-state index contributed by atoms with van der Waals surface area (Å²) in [4.78, 5) is 17.0. The molecule has 0 N–H and O–H groups in total. The first-order valence-corrected chi connectivity index (χ1v) is 14.5. The fourth-order valence-electron chi connectivity index (χ4n) is 4.34. The molecule has 0 amide bonds. The summed E-state index contributed by atoms with van der Waals surface area (Å²) in [7, 11) is -1.33. The summed E-state index contributed by atoms with van der Waals surface area (Å²) in [5.41, 5.74) is 1.08. The van der Waals surface area contributed by atoms with E-state index in [1.54, 1.807) is 4.57 Å². The number of hydrogen-bond donors (Lipinski definition) is 0. The molecule has 0 spiro atoms. The molecule has 31 heavy (non-hydrogen) atoms. The molecular weight excluding hydrogens is 412 g/mol. The van der Waals surface area contributed by atoms with E-state index in [-0.39, 0.29) is 23.9 Å². The van der Waals surface area contributed by atoms with Crippen molar-refractivity contribution in [3.63, 3.8) is 0 Å². The highest BCUT2D eigenvalue weighted by atomic mass is 28.3. The zero-order valence-electron chi connectivity index (χ0n) is 18.1. The quantitative estimate of drug-likeness (QED) is 0.574. The molecular formula is C23H28N2O5Si. The van der Waals surface area contributed by atoms with Gasteiger partial charge in [-0.2, -0.15) is 4.98 Å². The second-order valence-corrected chi connectivity index (χ2v) is 15.1. The number of benzene rings is 1. The lowest BCUT2D eigenvalue weighted by molar-refractivity contribution is -0.282. The van der Waals surface area contributed by atoms with Crippen molar-refractivity contribution in [1.82, 2.24) is 9.55 Å². The van der Waals surface area contributed by atoms with E-state index < -0.39 is 14.4 Å². The van der Waals surface area contributed by atoms with E-state index in [2.05, 4.69) is 24.6 Å². The van der Waals surface area contributed by atoms with Crippen molar-refractivity contribution in [3.8, 4) is 0 Å². The van der Waals surface area contributed by atoms with Gasteiger partial charge in [-0.3, -0.25) is 4.57 Å². The average molecular weight is 441 g/mol. The highest BCUT2D eigenvalue weighted by Crippen LogP contribution is 2.35. The van der Waals surface area contributed by atoms with Crippen LogP contribution in [0.1, 0.15) is 30.1 Å². The third-order valence-electron chi connectivity index (χ3n) is 5.79. The lowest BCUT2D eigenvalue weighted by atomic mass is 10.0. The monoisotopic (exact) mass is 440 g/mol. The summed E-state index contributed by atoms with van der Waals surface area (Å²) >= 11 is 0. The Balaban J connectivity index is 1.36. The first-order chi connectivity index (χ1) is 14.9. The molecule has 4 heterocycles. The Bertz CT molecular complexity index is 1120. The molecule has 2 aliphatic rings. The molecule has 0 unspecified atom stereocenters. The summed E-state index contributed by atoms with van der Waals surface area (Å²) in [5.74, 6) is 0.900. The van der Waals surface area contributed by atoms with Crippen LogP contribution in [0.4, 0.5) is 0 Å². The van der Waals surface area contributed by atoms with E-state index >= 15 is 0 Å². The minimum absolute atomic E-state index is 0.124. The summed E-state index contributed by atoms with van der Waals surface area (Å²) < 4.78 is 25.6. The van der Waals surface area contributed by atoms with Crippen molar-refractivity contribution in [2.24, 2.45) is 0 Å². The van der Waals surface area contributed by atoms with Gasteiger partial charge in [0.05, 0.1) is 38.8 Å². The van der Waals surface area contributed by atoms with Gasteiger partial charge in [0.1, 0.15) is 11.9 Å². The molecule has 0 radical (unpaired) electrons. The first kappa shape index (κ1) is 20.6. The van der Waals surface area contributed by atoms with Crippen molar-refractivity contribution in [2.45, 2.75) is 56.6 Å². The van der Waals surface area contributed by atoms with Crippen LogP contribution < -0.4 is 5.69 Å². The predicted octanol–water partition coefficient (Wildman–Crippen LogP) is 3.85. The summed E-state index contributed by atoms with van der Waals surface area (Å²) in [6, 6.07) is 12.7. The van der Waals surface area contributed by atoms with Crippen molar-refractivity contribution >= 4 is 19.2 Å². The van der Waals surface area contributed by atoms with E-state index in [9.17, 15) is 4.79 Å². The molecule has 8 heteroatoms. The van der Waals surface area contributed by atoms with Gasteiger partial charge in [0.2, 0.25) is 5.71 Å². The molecule has 2 saturated heterocycles. The molecule has 0 aliphatic carbocycles. The Morgan fingerprint density at radius 2 is 1.90 bits per heavy atom. The van der Waals surface area contributed by atoms with Gasteiger partial charge < -0.3 is 18.6 Å². The lowest BCUT2D eigenvalue weighted by Crippen LogP contribution is -2.49. The normalized spacial score (nSPS) is 26.7. The summed E-state index contributed by atoms with van der Waals surface area (Å²) in [6.45, 7) is 7.78. The third-order valence-corrected chi connectivity index (χ3v) is 7.20. The number of fused-ring (bicyclic) bond motifs is 2. The molecule has 2 fully saturated rings. The van der Waals surface area contributed by atoms with Crippen LogP contribution in [0.5, 0.6) is 0 Å². The van der Waals surface area contributed by atoms with Gasteiger partial charge >= 0.3 is 5.69 Å². The molecule has 0 saturated carbocycles. The van der Waals surface area contributed by atoms with Crippen molar-refractivity contribution < 1.29 is 18.6 Å². The predicted molar refractivity (Wildman–Crippen MR) is 119 cm³/mol. The average Bonchev–Trinajstić information content (AvgIpc) is 3.12. The van der Waals surface area contributed by atoms with Crippen LogP contribution in [0.3, 0.4) is 0 Å². The Hall–Kier alpha value is -2.26. The maximum Gasteiger partial charge on any atom is 0.351 e. The molecule has 5 rings (SSSR count).